The molecule has 0 aromatic carbocycles. The Hall–Kier alpha value is -0.670. The maximum Gasteiger partial charge on any atom is 0.0866 e. The SMILES string of the molecule is COCCCOCCN1CCN(CC#N)CC1. The summed E-state index contributed by atoms with van der Waals surface area (Å²) in [7, 11) is 1.71. The zero-order valence-electron chi connectivity index (χ0n) is 10.7. The normalized spacial score (nSPS) is 18.1. The monoisotopic (exact) mass is 241 g/mol. The van der Waals surface area contributed by atoms with Crippen molar-refractivity contribution in [1.29, 1.82) is 5.26 Å². The van der Waals surface area contributed by atoms with E-state index in [1.165, 1.54) is 0 Å². The van der Waals surface area contributed by atoms with Crippen LogP contribution in [0.5, 0.6) is 0 Å². The van der Waals surface area contributed by atoms with E-state index in [4.69, 9.17) is 14.7 Å². The van der Waals surface area contributed by atoms with Crippen molar-refractivity contribution >= 4 is 0 Å². The average molecular weight is 241 g/mol. The van der Waals surface area contributed by atoms with Crippen LogP contribution in [0.3, 0.4) is 0 Å². The van der Waals surface area contributed by atoms with Crippen LogP contribution in [0, 0.1) is 11.3 Å². The second kappa shape index (κ2) is 9.37. The first-order valence-corrected chi connectivity index (χ1v) is 6.25. The highest BCUT2D eigenvalue weighted by atomic mass is 16.5. The fraction of sp³-hybridized carbons (Fsp3) is 0.917. The topological polar surface area (TPSA) is 48.7 Å². The van der Waals surface area contributed by atoms with E-state index in [2.05, 4.69) is 15.9 Å². The molecule has 5 nitrogen and oxygen atoms in total. The van der Waals surface area contributed by atoms with Crippen LogP contribution in [0.15, 0.2) is 0 Å². The quantitative estimate of drug-likeness (QED) is 0.448. The summed E-state index contributed by atoms with van der Waals surface area (Å²) in [5.74, 6) is 0. The molecule has 1 saturated heterocycles. The molecule has 1 heterocycles. The van der Waals surface area contributed by atoms with Crippen molar-refractivity contribution < 1.29 is 9.47 Å². The maximum atomic E-state index is 8.59. The summed E-state index contributed by atoms with van der Waals surface area (Å²) in [6.07, 6.45) is 0.965. The van der Waals surface area contributed by atoms with Gasteiger partial charge in [0.05, 0.1) is 19.2 Å². The number of nitriles is 1. The zero-order valence-corrected chi connectivity index (χ0v) is 10.7. The van der Waals surface area contributed by atoms with Gasteiger partial charge in [-0.25, -0.2) is 0 Å². The highest BCUT2D eigenvalue weighted by molar-refractivity contribution is 4.80. The summed E-state index contributed by atoms with van der Waals surface area (Å²) in [6.45, 7) is 7.98. The molecule has 1 rings (SSSR count). The minimum absolute atomic E-state index is 0.557. The highest BCUT2D eigenvalue weighted by Gasteiger charge is 2.15. The van der Waals surface area contributed by atoms with Gasteiger partial charge in [0.1, 0.15) is 0 Å². The largest absolute Gasteiger partial charge is 0.385 e. The van der Waals surface area contributed by atoms with Gasteiger partial charge in [0.25, 0.3) is 0 Å². The van der Waals surface area contributed by atoms with Crippen molar-refractivity contribution in [3.63, 3.8) is 0 Å². The summed E-state index contributed by atoms with van der Waals surface area (Å²) in [5, 5.41) is 8.59. The van der Waals surface area contributed by atoms with E-state index in [0.717, 1.165) is 59.0 Å². The Morgan fingerprint density at radius 2 is 1.76 bits per heavy atom. The van der Waals surface area contributed by atoms with E-state index < -0.39 is 0 Å². The molecule has 0 saturated carbocycles. The molecule has 1 fully saturated rings. The lowest BCUT2D eigenvalue weighted by Crippen LogP contribution is -2.47. The Morgan fingerprint density at radius 1 is 1.06 bits per heavy atom. The van der Waals surface area contributed by atoms with E-state index in [-0.39, 0.29) is 0 Å². The summed E-state index contributed by atoms with van der Waals surface area (Å²) < 4.78 is 10.5. The molecule has 98 valence electrons. The molecule has 0 atom stereocenters. The summed E-state index contributed by atoms with van der Waals surface area (Å²) >= 11 is 0. The van der Waals surface area contributed by atoms with E-state index in [0.29, 0.717) is 6.54 Å². The first-order chi connectivity index (χ1) is 8.36. The van der Waals surface area contributed by atoms with Gasteiger partial charge >= 0.3 is 0 Å². The minimum atomic E-state index is 0.557. The van der Waals surface area contributed by atoms with Crippen molar-refractivity contribution in [1.82, 2.24) is 9.80 Å². The van der Waals surface area contributed by atoms with Crippen molar-refractivity contribution in [2.75, 3.05) is 66.2 Å². The number of hydrogen-bond acceptors (Lipinski definition) is 5. The second-order valence-electron chi connectivity index (χ2n) is 4.23. The molecular formula is C12H23N3O2. The number of piperazine rings is 1. The third kappa shape index (κ3) is 6.59. The molecular weight excluding hydrogens is 218 g/mol. The summed E-state index contributed by atoms with van der Waals surface area (Å²) in [5.41, 5.74) is 0. The summed E-state index contributed by atoms with van der Waals surface area (Å²) in [6, 6.07) is 2.19. The maximum absolute atomic E-state index is 8.59. The first-order valence-electron chi connectivity index (χ1n) is 6.25. The molecule has 0 amide bonds. The van der Waals surface area contributed by atoms with Crippen LogP contribution in [0.25, 0.3) is 0 Å². The molecule has 0 aliphatic carbocycles. The Kier molecular flexibility index (Phi) is 7.93. The van der Waals surface area contributed by atoms with E-state index in [1.54, 1.807) is 7.11 Å². The Labute approximate surface area is 104 Å². The number of ether oxygens (including phenoxy) is 2. The molecule has 0 spiro atoms. The Balaban J connectivity index is 1.94. The van der Waals surface area contributed by atoms with Gasteiger partial charge in [-0.3, -0.25) is 9.80 Å². The molecule has 0 aromatic rings. The average Bonchev–Trinajstić information content (AvgIpc) is 2.36. The van der Waals surface area contributed by atoms with Crippen LogP contribution in [0.1, 0.15) is 6.42 Å². The molecule has 0 N–H and O–H groups in total. The molecule has 5 heteroatoms. The van der Waals surface area contributed by atoms with Crippen LogP contribution < -0.4 is 0 Å². The highest BCUT2D eigenvalue weighted by Crippen LogP contribution is 2.00. The van der Waals surface area contributed by atoms with Crippen molar-refractivity contribution in [2.24, 2.45) is 0 Å². The molecule has 0 aromatic heterocycles. The lowest BCUT2D eigenvalue weighted by atomic mass is 10.3. The zero-order chi connectivity index (χ0) is 12.3. The van der Waals surface area contributed by atoms with Crippen molar-refractivity contribution in [3.8, 4) is 6.07 Å². The lowest BCUT2D eigenvalue weighted by Gasteiger charge is -2.33. The van der Waals surface area contributed by atoms with Gasteiger partial charge in [0, 0.05) is 53.0 Å². The fourth-order valence-electron chi connectivity index (χ4n) is 1.87. The van der Waals surface area contributed by atoms with Gasteiger partial charge in [-0.05, 0) is 6.42 Å². The van der Waals surface area contributed by atoms with Crippen LogP contribution in [0.4, 0.5) is 0 Å². The lowest BCUT2D eigenvalue weighted by molar-refractivity contribution is 0.0675. The Morgan fingerprint density at radius 3 is 2.41 bits per heavy atom. The number of methoxy groups -OCH3 is 1. The van der Waals surface area contributed by atoms with Crippen LogP contribution >= 0.6 is 0 Å². The summed E-state index contributed by atoms with van der Waals surface area (Å²) in [4.78, 5) is 4.58. The van der Waals surface area contributed by atoms with E-state index >= 15 is 0 Å². The van der Waals surface area contributed by atoms with Gasteiger partial charge in [0.2, 0.25) is 0 Å². The number of nitrogens with zero attached hydrogens (tertiary/aromatic N) is 3. The van der Waals surface area contributed by atoms with Gasteiger partial charge in [0.15, 0.2) is 0 Å². The van der Waals surface area contributed by atoms with Gasteiger partial charge in [-0.1, -0.05) is 0 Å². The molecule has 0 radical (unpaired) electrons. The van der Waals surface area contributed by atoms with Gasteiger partial charge < -0.3 is 9.47 Å². The minimum Gasteiger partial charge on any atom is -0.385 e. The molecule has 17 heavy (non-hydrogen) atoms. The van der Waals surface area contributed by atoms with E-state index in [9.17, 15) is 0 Å². The predicted molar refractivity (Wildman–Crippen MR) is 65.8 cm³/mol. The third-order valence-electron chi connectivity index (χ3n) is 2.95. The molecule has 0 unspecified atom stereocenters. The van der Waals surface area contributed by atoms with E-state index in [1.807, 2.05) is 0 Å². The van der Waals surface area contributed by atoms with Gasteiger partial charge in [-0.15, -0.1) is 0 Å². The first kappa shape index (κ1) is 14.4. The number of rotatable bonds is 8. The number of hydrogen-bond donors (Lipinski definition) is 0. The molecule has 1 aliphatic heterocycles. The van der Waals surface area contributed by atoms with Crippen molar-refractivity contribution in [2.45, 2.75) is 6.42 Å². The van der Waals surface area contributed by atoms with Gasteiger partial charge in [-0.2, -0.15) is 5.26 Å². The fourth-order valence-corrected chi connectivity index (χ4v) is 1.87. The standard InChI is InChI=1S/C12H23N3O2/c1-16-10-2-11-17-12-9-15-7-5-14(4-3-13)6-8-15/h2,4-12H2,1H3. The Bertz CT molecular complexity index is 222. The predicted octanol–water partition coefficient (Wildman–Crippen LogP) is 0.181. The smallest absolute Gasteiger partial charge is 0.0866 e. The second-order valence-corrected chi connectivity index (χ2v) is 4.23. The van der Waals surface area contributed by atoms with Crippen LogP contribution in [0.2, 0.25) is 0 Å². The van der Waals surface area contributed by atoms with Crippen LogP contribution in [-0.4, -0.2) is 76.0 Å². The molecule has 0 bridgehead atoms. The molecule has 1 aliphatic rings. The van der Waals surface area contributed by atoms with Crippen LogP contribution in [-0.2, 0) is 9.47 Å². The van der Waals surface area contributed by atoms with Crippen molar-refractivity contribution in [3.05, 3.63) is 0 Å². The third-order valence-corrected chi connectivity index (χ3v) is 2.95.